The average molecular weight is 199 g/mol. The van der Waals surface area contributed by atoms with Crippen molar-refractivity contribution >= 4 is 10.8 Å². The van der Waals surface area contributed by atoms with E-state index in [1.165, 1.54) is 16.5 Å². The highest BCUT2D eigenvalue weighted by molar-refractivity contribution is 5.84. The predicted octanol–water partition coefficient (Wildman–Crippen LogP) is 3.74. The average Bonchev–Trinajstić information content (AvgIpc) is 2.16. The van der Waals surface area contributed by atoms with Crippen molar-refractivity contribution in [2.24, 2.45) is 5.92 Å². The summed E-state index contributed by atoms with van der Waals surface area (Å²) < 4.78 is 0. The summed E-state index contributed by atoms with van der Waals surface area (Å²) in [6.45, 7) is 6.54. The first-order chi connectivity index (χ1) is 7.16. The largest absolute Gasteiger partial charge is 0.258 e. The fourth-order valence-corrected chi connectivity index (χ4v) is 1.96. The molecule has 1 aromatic heterocycles. The lowest BCUT2D eigenvalue weighted by Gasteiger charge is -2.09. The number of nitrogens with zero attached hydrogens (tertiary/aromatic N) is 1. The van der Waals surface area contributed by atoms with Crippen molar-refractivity contribution in [2.75, 3.05) is 0 Å². The van der Waals surface area contributed by atoms with E-state index in [1.807, 2.05) is 0 Å². The Morgan fingerprint density at radius 2 is 1.93 bits per heavy atom. The van der Waals surface area contributed by atoms with Crippen LogP contribution in [0.4, 0.5) is 0 Å². The quantitative estimate of drug-likeness (QED) is 0.718. The number of pyridine rings is 1. The topological polar surface area (TPSA) is 12.9 Å². The van der Waals surface area contributed by atoms with Crippen molar-refractivity contribution < 1.29 is 0 Å². The first-order valence-electron chi connectivity index (χ1n) is 5.52. The van der Waals surface area contributed by atoms with E-state index in [2.05, 4.69) is 56.1 Å². The summed E-state index contributed by atoms with van der Waals surface area (Å²) in [7, 11) is 0. The van der Waals surface area contributed by atoms with E-state index in [4.69, 9.17) is 0 Å². The van der Waals surface area contributed by atoms with E-state index in [-0.39, 0.29) is 0 Å². The lowest BCUT2D eigenvalue weighted by Crippen LogP contribution is -1.99. The molecule has 0 aliphatic heterocycles. The van der Waals surface area contributed by atoms with E-state index >= 15 is 0 Å². The van der Waals surface area contributed by atoms with E-state index in [9.17, 15) is 0 Å². The zero-order chi connectivity index (χ0) is 10.8. The third-order valence-corrected chi connectivity index (χ3v) is 2.55. The van der Waals surface area contributed by atoms with Crippen molar-refractivity contribution in [1.82, 2.24) is 4.98 Å². The van der Waals surface area contributed by atoms with Crippen molar-refractivity contribution in [1.29, 1.82) is 0 Å². The van der Waals surface area contributed by atoms with Gasteiger partial charge in [0.15, 0.2) is 0 Å². The summed E-state index contributed by atoms with van der Waals surface area (Å²) in [5.74, 6) is 0.655. The molecule has 0 N–H and O–H groups in total. The van der Waals surface area contributed by atoms with Crippen LogP contribution in [0.2, 0.25) is 0 Å². The second-order valence-electron chi connectivity index (χ2n) is 4.53. The van der Waals surface area contributed by atoms with Gasteiger partial charge in [-0.2, -0.15) is 0 Å². The molecule has 1 aromatic carbocycles. The minimum absolute atomic E-state index is 0.655. The highest BCUT2D eigenvalue weighted by atomic mass is 14.7. The van der Waals surface area contributed by atoms with Crippen LogP contribution in [-0.2, 0) is 6.42 Å². The molecule has 0 unspecified atom stereocenters. The molecule has 2 rings (SSSR count). The third kappa shape index (κ3) is 2.17. The molecule has 0 aliphatic rings. The van der Waals surface area contributed by atoms with Gasteiger partial charge in [-0.15, -0.1) is 0 Å². The summed E-state index contributed by atoms with van der Waals surface area (Å²) in [6, 6.07) is 10.6. The maximum atomic E-state index is 4.64. The molecule has 0 radical (unpaired) electrons. The van der Waals surface area contributed by atoms with Gasteiger partial charge in [-0.3, -0.25) is 4.98 Å². The molecule has 1 heterocycles. The molecule has 0 fully saturated rings. The molecule has 0 amide bonds. The van der Waals surface area contributed by atoms with Gasteiger partial charge in [0.25, 0.3) is 0 Å². The second kappa shape index (κ2) is 4.01. The number of aromatic nitrogens is 1. The fraction of sp³-hybridized carbons (Fsp3) is 0.357. The van der Waals surface area contributed by atoms with Crippen LogP contribution in [0.5, 0.6) is 0 Å². The van der Waals surface area contributed by atoms with Crippen molar-refractivity contribution in [3.05, 3.63) is 41.7 Å². The predicted molar refractivity (Wildman–Crippen MR) is 65.0 cm³/mol. The maximum Gasteiger partial charge on any atom is 0.0487 e. The van der Waals surface area contributed by atoms with Gasteiger partial charge in [0.05, 0.1) is 0 Å². The lowest BCUT2D eigenvalue weighted by molar-refractivity contribution is 0.638. The van der Waals surface area contributed by atoms with Gasteiger partial charge in [0, 0.05) is 16.8 Å². The smallest absolute Gasteiger partial charge is 0.0487 e. The van der Waals surface area contributed by atoms with Crippen molar-refractivity contribution in [3.63, 3.8) is 0 Å². The van der Waals surface area contributed by atoms with Crippen LogP contribution < -0.4 is 0 Å². The van der Waals surface area contributed by atoms with Gasteiger partial charge in [-0.25, -0.2) is 0 Å². The van der Waals surface area contributed by atoms with E-state index < -0.39 is 0 Å². The molecule has 0 saturated carbocycles. The Balaban J connectivity index is 2.60. The third-order valence-electron chi connectivity index (χ3n) is 2.55. The Labute approximate surface area is 91.2 Å². The van der Waals surface area contributed by atoms with Crippen LogP contribution in [0.15, 0.2) is 30.3 Å². The number of benzene rings is 1. The molecular weight excluding hydrogens is 182 g/mol. The zero-order valence-electron chi connectivity index (χ0n) is 9.62. The molecule has 2 aromatic rings. The number of aryl methyl sites for hydroxylation is 1. The SMILES string of the molecule is Cc1cc2ccccc2c(CC(C)C)n1. The van der Waals surface area contributed by atoms with Crippen LogP contribution in [0.1, 0.15) is 25.2 Å². The number of rotatable bonds is 2. The molecule has 0 spiro atoms. The Hall–Kier alpha value is -1.37. The van der Waals surface area contributed by atoms with Crippen molar-refractivity contribution in [2.45, 2.75) is 27.2 Å². The Bertz CT molecular complexity index is 472. The Morgan fingerprint density at radius 1 is 1.20 bits per heavy atom. The van der Waals surface area contributed by atoms with E-state index in [0.29, 0.717) is 5.92 Å². The Kier molecular flexibility index (Phi) is 2.72. The van der Waals surface area contributed by atoms with Crippen molar-refractivity contribution in [3.8, 4) is 0 Å². The second-order valence-corrected chi connectivity index (χ2v) is 4.53. The highest BCUT2D eigenvalue weighted by Crippen LogP contribution is 2.20. The molecule has 0 aliphatic carbocycles. The van der Waals surface area contributed by atoms with Crippen LogP contribution in [0.25, 0.3) is 10.8 Å². The molecule has 15 heavy (non-hydrogen) atoms. The normalized spacial score (nSPS) is 11.2. The number of fused-ring (bicyclic) bond motifs is 1. The van der Waals surface area contributed by atoms with Gasteiger partial charge < -0.3 is 0 Å². The first kappa shape index (κ1) is 10.2. The van der Waals surface area contributed by atoms with Gasteiger partial charge in [0.1, 0.15) is 0 Å². The number of hydrogen-bond acceptors (Lipinski definition) is 1. The summed E-state index contributed by atoms with van der Waals surface area (Å²) >= 11 is 0. The van der Waals surface area contributed by atoms with Crippen LogP contribution >= 0.6 is 0 Å². The monoisotopic (exact) mass is 199 g/mol. The molecule has 0 saturated heterocycles. The standard InChI is InChI=1S/C14H17N/c1-10(2)8-14-13-7-5-4-6-12(13)9-11(3)15-14/h4-7,9-10H,8H2,1-3H3. The maximum absolute atomic E-state index is 4.64. The van der Waals surface area contributed by atoms with Gasteiger partial charge in [-0.1, -0.05) is 38.1 Å². The minimum atomic E-state index is 0.655. The molecule has 0 bridgehead atoms. The molecule has 1 heteroatoms. The van der Waals surface area contributed by atoms with Gasteiger partial charge >= 0.3 is 0 Å². The molecule has 78 valence electrons. The summed E-state index contributed by atoms with van der Waals surface area (Å²) in [4.78, 5) is 4.64. The van der Waals surface area contributed by atoms with Crippen LogP contribution in [-0.4, -0.2) is 4.98 Å². The summed E-state index contributed by atoms with van der Waals surface area (Å²) in [6.07, 6.45) is 1.06. The van der Waals surface area contributed by atoms with E-state index in [0.717, 1.165) is 12.1 Å². The molecule has 0 atom stereocenters. The van der Waals surface area contributed by atoms with Crippen LogP contribution in [0.3, 0.4) is 0 Å². The minimum Gasteiger partial charge on any atom is -0.258 e. The number of hydrogen-bond donors (Lipinski definition) is 0. The zero-order valence-corrected chi connectivity index (χ0v) is 9.62. The fourth-order valence-electron chi connectivity index (χ4n) is 1.96. The highest BCUT2D eigenvalue weighted by Gasteiger charge is 2.05. The Morgan fingerprint density at radius 3 is 2.67 bits per heavy atom. The molecular formula is C14H17N. The summed E-state index contributed by atoms with van der Waals surface area (Å²) in [5.41, 5.74) is 2.35. The summed E-state index contributed by atoms with van der Waals surface area (Å²) in [5, 5.41) is 2.61. The molecule has 1 nitrogen and oxygen atoms in total. The van der Waals surface area contributed by atoms with E-state index in [1.54, 1.807) is 0 Å². The van der Waals surface area contributed by atoms with Gasteiger partial charge in [-0.05, 0) is 30.7 Å². The first-order valence-corrected chi connectivity index (χ1v) is 5.52. The lowest BCUT2D eigenvalue weighted by atomic mass is 10.0. The van der Waals surface area contributed by atoms with Gasteiger partial charge in [0.2, 0.25) is 0 Å². The van der Waals surface area contributed by atoms with Crippen LogP contribution in [0, 0.1) is 12.8 Å².